The third-order valence-corrected chi connectivity index (χ3v) is 3.48. The minimum Gasteiger partial charge on any atom is -0.493 e. The number of ether oxygens (including phenoxy) is 3. The van der Waals surface area contributed by atoms with Crippen LogP contribution >= 0.6 is 0 Å². The molecule has 4 heteroatoms. The largest absolute Gasteiger partial charge is 0.493 e. The molecule has 0 fully saturated rings. The van der Waals surface area contributed by atoms with Gasteiger partial charge in [0.25, 0.3) is 0 Å². The van der Waals surface area contributed by atoms with Crippen LogP contribution in [0.5, 0.6) is 17.2 Å². The van der Waals surface area contributed by atoms with Crippen molar-refractivity contribution in [3.63, 3.8) is 0 Å². The van der Waals surface area contributed by atoms with Crippen LogP contribution < -0.4 is 14.2 Å². The quantitative estimate of drug-likeness (QED) is 0.668. The van der Waals surface area contributed by atoms with E-state index in [0.29, 0.717) is 0 Å². The molecular weight excluding hydrogens is 328 g/mol. The number of benzene rings is 2. The zero-order chi connectivity index (χ0) is 31.2. The molecule has 0 aliphatic carbocycles. The van der Waals surface area contributed by atoms with Gasteiger partial charge in [-0.2, -0.15) is 0 Å². The molecule has 0 saturated heterocycles. The first-order valence-electron chi connectivity index (χ1n) is 14.9. The third kappa shape index (κ3) is 5.95. The predicted molar refractivity (Wildman–Crippen MR) is 105 cm³/mol. The molecule has 1 atom stereocenters. The highest BCUT2D eigenvalue weighted by atomic mass is 16.5. The standard InChI is InChI=1S/C22H30O4/c1-16-9-11-20(13-17(16)2)26-15-19(23)8-6-5-7-18-10-12-21(24-3)22(14-18)25-4/h9-14,19,23H,5-8,15H2,1-4H3/i3D3,8D2,9D,10D,11D,12D,13D,14D,15D2,19D. The summed E-state index contributed by atoms with van der Waals surface area (Å²) < 4.78 is 126. The number of hydrogen-bond donors (Lipinski definition) is 1. The average molecular weight is 373 g/mol. The van der Waals surface area contributed by atoms with Gasteiger partial charge >= 0.3 is 0 Å². The van der Waals surface area contributed by atoms with Crippen LogP contribution in [0.4, 0.5) is 0 Å². The Morgan fingerprint density at radius 3 is 2.73 bits per heavy atom. The number of hydrogen-bond acceptors (Lipinski definition) is 4. The van der Waals surface area contributed by atoms with Crippen molar-refractivity contribution in [3.05, 3.63) is 52.9 Å². The van der Waals surface area contributed by atoms with Crippen LogP contribution in [0.1, 0.15) is 55.1 Å². The molecule has 0 aliphatic rings. The fourth-order valence-corrected chi connectivity index (χ4v) is 1.95. The van der Waals surface area contributed by atoms with Crippen LogP contribution in [0.3, 0.4) is 0 Å². The molecular formula is C22H30O4. The van der Waals surface area contributed by atoms with Crippen molar-refractivity contribution < 1.29 is 38.5 Å². The zero-order valence-electron chi connectivity index (χ0n) is 28.8. The van der Waals surface area contributed by atoms with E-state index in [9.17, 15) is 5.11 Å². The Labute approximate surface area is 176 Å². The summed E-state index contributed by atoms with van der Waals surface area (Å²) in [6.07, 6.45) is -7.84. The molecule has 2 aromatic carbocycles. The Morgan fingerprint density at radius 2 is 1.96 bits per heavy atom. The Balaban J connectivity index is 2.34. The van der Waals surface area contributed by atoms with Gasteiger partial charge in [0.2, 0.25) is 0 Å². The SMILES string of the molecule is [2H]c1c([2H])c(OC([2H])([2H])C([2H])(O)C([2H])([2H])CCCc2c([2H])c([2H])c(OC([2H])([2H])[2H])c(OC)c2[2H])c([2H])c(C)c1C. The molecule has 0 aromatic heterocycles. The third-order valence-electron chi connectivity index (χ3n) is 3.48. The molecule has 2 rings (SSSR count). The fourth-order valence-electron chi connectivity index (χ4n) is 1.95. The molecule has 1 unspecified atom stereocenters. The molecule has 0 heterocycles. The highest BCUT2D eigenvalue weighted by Crippen LogP contribution is 2.28. The fraction of sp³-hybridized carbons (Fsp3) is 0.455. The summed E-state index contributed by atoms with van der Waals surface area (Å²) in [6.45, 7) is -0.559. The smallest absolute Gasteiger partial charge is 0.160 e. The van der Waals surface area contributed by atoms with Gasteiger partial charge in [-0.15, -0.1) is 0 Å². The Morgan fingerprint density at radius 1 is 1.12 bits per heavy atom. The maximum Gasteiger partial charge on any atom is 0.160 e. The van der Waals surface area contributed by atoms with Gasteiger partial charge < -0.3 is 19.3 Å². The molecule has 0 amide bonds. The van der Waals surface area contributed by atoms with Crippen molar-refractivity contribution in [2.75, 3.05) is 20.7 Å². The second kappa shape index (κ2) is 10.1. The summed E-state index contributed by atoms with van der Waals surface area (Å²) in [4.78, 5) is 0. The summed E-state index contributed by atoms with van der Waals surface area (Å²) in [6, 6.07) is -3.19. The van der Waals surface area contributed by atoms with Gasteiger partial charge in [0, 0.05) is 2.74 Å². The van der Waals surface area contributed by atoms with E-state index in [1.165, 1.54) is 13.8 Å². The van der Waals surface area contributed by atoms with Crippen molar-refractivity contribution in [1.29, 1.82) is 0 Å². The lowest BCUT2D eigenvalue weighted by Crippen LogP contribution is -2.17. The monoisotopic (exact) mass is 372 g/mol. The van der Waals surface area contributed by atoms with Crippen LogP contribution in [0.15, 0.2) is 36.3 Å². The van der Waals surface area contributed by atoms with Gasteiger partial charge in [0.1, 0.15) is 12.3 Å². The maximum atomic E-state index is 10.7. The Bertz CT molecular complexity index is 1240. The van der Waals surface area contributed by atoms with Crippen molar-refractivity contribution in [1.82, 2.24) is 0 Å². The first-order chi connectivity index (χ1) is 18.0. The van der Waals surface area contributed by atoms with Crippen LogP contribution in [-0.2, 0) is 6.42 Å². The molecule has 4 nitrogen and oxygen atoms in total. The van der Waals surface area contributed by atoms with E-state index >= 15 is 0 Å². The van der Waals surface area contributed by atoms with Gasteiger partial charge in [0.15, 0.2) is 11.5 Å². The lowest BCUT2D eigenvalue weighted by atomic mass is 10.0. The lowest BCUT2D eigenvalue weighted by Gasteiger charge is -2.13. The van der Waals surface area contributed by atoms with Crippen LogP contribution in [0.2, 0.25) is 0 Å². The van der Waals surface area contributed by atoms with Crippen molar-refractivity contribution in [2.24, 2.45) is 0 Å². The van der Waals surface area contributed by atoms with Crippen molar-refractivity contribution in [2.45, 2.75) is 45.6 Å². The van der Waals surface area contributed by atoms with E-state index in [1.807, 2.05) is 0 Å². The summed E-state index contributed by atoms with van der Waals surface area (Å²) in [5, 5.41) is 10.7. The number of methoxy groups -OCH3 is 2. The van der Waals surface area contributed by atoms with Gasteiger partial charge in [-0.3, -0.25) is 0 Å². The van der Waals surface area contributed by atoms with Gasteiger partial charge in [-0.1, -0.05) is 18.5 Å². The Kier molecular flexibility index (Phi) is 3.18. The molecule has 2 aromatic rings. The Hall–Kier alpha value is -2.20. The average Bonchev–Trinajstić information content (AvgIpc) is 2.84. The van der Waals surface area contributed by atoms with E-state index in [4.69, 9.17) is 33.4 Å². The van der Waals surface area contributed by atoms with Crippen molar-refractivity contribution >= 4 is 0 Å². The van der Waals surface area contributed by atoms with E-state index in [2.05, 4.69) is 0 Å². The van der Waals surface area contributed by atoms with E-state index in [1.54, 1.807) is 0 Å². The molecule has 26 heavy (non-hydrogen) atoms. The van der Waals surface area contributed by atoms with E-state index < -0.39 is 79.9 Å². The zero-order valence-corrected chi connectivity index (χ0v) is 14.8. The van der Waals surface area contributed by atoms with Gasteiger partial charge in [-0.05, 0) is 73.9 Å². The minimum absolute atomic E-state index is 0.126. The molecule has 0 bridgehead atoms. The van der Waals surface area contributed by atoms with Crippen LogP contribution in [0.25, 0.3) is 0 Å². The first-order valence-corrected chi connectivity index (χ1v) is 7.86. The predicted octanol–water partition coefficient (Wildman–Crippen LogP) is 4.47. The second-order valence-electron chi connectivity index (χ2n) is 5.36. The van der Waals surface area contributed by atoms with Crippen LogP contribution in [0, 0.1) is 13.8 Å². The molecule has 0 saturated carbocycles. The van der Waals surface area contributed by atoms with Crippen molar-refractivity contribution in [3.8, 4) is 17.2 Å². The molecule has 1 N–H and O–H groups in total. The molecule has 142 valence electrons. The molecule has 0 radical (unpaired) electrons. The van der Waals surface area contributed by atoms with Crippen LogP contribution in [-0.4, -0.2) is 31.9 Å². The second-order valence-corrected chi connectivity index (χ2v) is 5.36. The number of rotatable bonds is 10. The van der Waals surface area contributed by atoms with Gasteiger partial charge in [-0.25, -0.2) is 0 Å². The van der Waals surface area contributed by atoms with E-state index in [0.717, 1.165) is 7.11 Å². The minimum atomic E-state index is -3.59. The summed E-state index contributed by atoms with van der Waals surface area (Å²) in [5.41, 5.74) is 0.367. The number of aliphatic hydroxyl groups is 1. The molecule has 0 aliphatic heterocycles. The summed E-state index contributed by atoms with van der Waals surface area (Å²) >= 11 is 0. The highest BCUT2D eigenvalue weighted by Gasteiger charge is 2.07. The van der Waals surface area contributed by atoms with Gasteiger partial charge in [0.05, 0.1) is 36.7 Å². The lowest BCUT2D eigenvalue weighted by molar-refractivity contribution is 0.0976. The maximum absolute atomic E-state index is 10.7. The summed E-state index contributed by atoms with van der Waals surface area (Å²) in [5.74, 6) is -1.78. The first kappa shape index (κ1) is 8.22. The van der Waals surface area contributed by atoms with E-state index in [-0.39, 0.29) is 35.6 Å². The summed E-state index contributed by atoms with van der Waals surface area (Å²) in [7, 11) is -1.88. The topological polar surface area (TPSA) is 47.9 Å². The highest BCUT2D eigenvalue weighted by molar-refractivity contribution is 5.42. The molecule has 0 spiro atoms. The normalized spacial score (nSPS) is 22.5.